The molecule has 0 atom stereocenters. The molecule has 2 N–H and O–H groups in total. The van der Waals surface area contributed by atoms with Crippen LogP contribution in [0.15, 0.2) is 41.4 Å². The van der Waals surface area contributed by atoms with E-state index in [9.17, 15) is 13.2 Å². The number of sulfonamides is 1. The minimum absolute atomic E-state index is 0.0197. The van der Waals surface area contributed by atoms with Crippen LogP contribution in [-0.4, -0.2) is 64.0 Å². The summed E-state index contributed by atoms with van der Waals surface area (Å²) in [5.41, 5.74) is 0.945. The third kappa shape index (κ3) is 5.28. The monoisotopic (exact) mass is 451 g/mol. The third-order valence-corrected chi connectivity index (χ3v) is 6.91. The SMILES string of the molecule is CCN1CCN(c2ccc(CNC(=O)c3cc(S(=O)(=O)NC)ccc3Cl)cn2)CC1. The average Bonchev–Trinajstić information content (AvgIpc) is 2.78. The highest BCUT2D eigenvalue weighted by Crippen LogP contribution is 2.21. The molecular weight excluding hydrogens is 426 g/mol. The molecule has 0 radical (unpaired) electrons. The predicted octanol–water partition coefficient (Wildman–Crippen LogP) is 1.72. The summed E-state index contributed by atoms with van der Waals surface area (Å²) in [7, 11) is -2.36. The zero-order valence-corrected chi connectivity index (χ0v) is 18.6. The molecule has 1 saturated heterocycles. The van der Waals surface area contributed by atoms with Gasteiger partial charge >= 0.3 is 0 Å². The van der Waals surface area contributed by atoms with Gasteiger partial charge in [0.1, 0.15) is 5.82 Å². The molecule has 8 nitrogen and oxygen atoms in total. The standard InChI is InChI=1S/C20H26ClN5O3S/c1-3-25-8-10-26(11-9-25)19-7-4-15(13-23-19)14-24-20(27)17-12-16(5-6-18(17)21)30(28,29)22-2/h4-7,12-13,22H,3,8-11,14H2,1-2H3,(H,24,27). The minimum atomic E-state index is -3.67. The number of halogens is 1. The first-order valence-corrected chi connectivity index (χ1v) is 11.6. The molecule has 30 heavy (non-hydrogen) atoms. The number of benzene rings is 1. The maximum atomic E-state index is 12.5. The van der Waals surface area contributed by atoms with Crippen molar-refractivity contribution in [2.45, 2.75) is 18.4 Å². The van der Waals surface area contributed by atoms with E-state index in [2.05, 4.69) is 31.7 Å². The molecule has 0 saturated carbocycles. The molecule has 1 fully saturated rings. The van der Waals surface area contributed by atoms with Crippen LogP contribution in [0.5, 0.6) is 0 Å². The molecule has 0 bridgehead atoms. The number of rotatable bonds is 7. The Bertz CT molecular complexity index is 990. The highest BCUT2D eigenvalue weighted by atomic mass is 35.5. The van der Waals surface area contributed by atoms with E-state index in [0.717, 1.165) is 44.1 Å². The van der Waals surface area contributed by atoms with E-state index in [4.69, 9.17) is 11.6 Å². The van der Waals surface area contributed by atoms with Gasteiger partial charge in [0.05, 0.1) is 15.5 Å². The molecule has 1 amide bonds. The lowest BCUT2D eigenvalue weighted by atomic mass is 10.2. The maximum absolute atomic E-state index is 12.5. The number of aromatic nitrogens is 1. The number of piperazine rings is 1. The number of anilines is 1. The van der Waals surface area contributed by atoms with E-state index in [1.54, 1.807) is 6.20 Å². The first-order chi connectivity index (χ1) is 14.3. The van der Waals surface area contributed by atoms with Gasteiger partial charge in [-0.15, -0.1) is 0 Å². The highest BCUT2D eigenvalue weighted by molar-refractivity contribution is 7.89. The van der Waals surface area contributed by atoms with E-state index in [-0.39, 0.29) is 22.0 Å². The molecule has 1 aliphatic heterocycles. The van der Waals surface area contributed by atoms with Gasteiger partial charge in [-0.1, -0.05) is 24.6 Å². The van der Waals surface area contributed by atoms with Gasteiger partial charge in [-0.3, -0.25) is 4.79 Å². The molecule has 2 aromatic rings. The van der Waals surface area contributed by atoms with Crippen LogP contribution in [0.25, 0.3) is 0 Å². The molecule has 0 spiro atoms. The van der Waals surface area contributed by atoms with Crippen LogP contribution in [0, 0.1) is 0 Å². The Morgan fingerprint density at radius 2 is 1.90 bits per heavy atom. The van der Waals surface area contributed by atoms with Crippen molar-refractivity contribution in [3.8, 4) is 0 Å². The summed E-state index contributed by atoms with van der Waals surface area (Å²) in [4.78, 5) is 21.7. The Kier molecular flexibility index (Phi) is 7.30. The van der Waals surface area contributed by atoms with Crippen LogP contribution >= 0.6 is 11.6 Å². The number of carbonyl (C=O) groups excluding carboxylic acids is 1. The average molecular weight is 452 g/mol. The molecule has 3 rings (SSSR count). The van der Waals surface area contributed by atoms with E-state index in [1.165, 1.54) is 25.2 Å². The molecule has 1 aliphatic rings. The second-order valence-corrected chi connectivity index (χ2v) is 9.27. The second kappa shape index (κ2) is 9.74. The quantitative estimate of drug-likeness (QED) is 0.665. The van der Waals surface area contributed by atoms with Crippen LogP contribution in [0.2, 0.25) is 5.02 Å². The zero-order valence-electron chi connectivity index (χ0n) is 17.1. The Hall–Kier alpha value is -2.20. The van der Waals surface area contributed by atoms with Gasteiger partial charge in [-0.2, -0.15) is 0 Å². The normalized spacial score (nSPS) is 15.2. The largest absolute Gasteiger partial charge is 0.354 e. The van der Waals surface area contributed by atoms with Gasteiger partial charge in [-0.25, -0.2) is 18.1 Å². The van der Waals surface area contributed by atoms with Crippen molar-refractivity contribution in [3.05, 3.63) is 52.7 Å². The van der Waals surface area contributed by atoms with Gasteiger partial charge in [-0.05, 0) is 43.4 Å². The minimum Gasteiger partial charge on any atom is -0.354 e. The van der Waals surface area contributed by atoms with Crippen molar-refractivity contribution in [3.63, 3.8) is 0 Å². The summed E-state index contributed by atoms with van der Waals surface area (Å²) in [6.45, 7) is 7.43. The maximum Gasteiger partial charge on any atom is 0.253 e. The van der Waals surface area contributed by atoms with Crippen LogP contribution in [0.4, 0.5) is 5.82 Å². The number of pyridine rings is 1. The van der Waals surface area contributed by atoms with Crippen molar-refractivity contribution in [1.82, 2.24) is 19.9 Å². The lowest BCUT2D eigenvalue weighted by molar-refractivity contribution is 0.0951. The number of amides is 1. The Morgan fingerprint density at radius 1 is 1.17 bits per heavy atom. The summed E-state index contributed by atoms with van der Waals surface area (Å²) >= 11 is 6.10. The van der Waals surface area contributed by atoms with Crippen molar-refractivity contribution in [2.24, 2.45) is 0 Å². The third-order valence-electron chi connectivity index (χ3n) is 5.17. The Balaban J connectivity index is 1.62. The van der Waals surface area contributed by atoms with Crippen LogP contribution in [-0.2, 0) is 16.6 Å². The molecule has 1 aromatic heterocycles. The van der Waals surface area contributed by atoms with Gasteiger partial charge in [0.15, 0.2) is 0 Å². The molecule has 162 valence electrons. The smallest absolute Gasteiger partial charge is 0.253 e. The summed E-state index contributed by atoms with van der Waals surface area (Å²) in [5.74, 6) is 0.474. The molecule has 0 aliphatic carbocycles. The second-order valence-electron chi connectivity index (χ2n) is 6.98. The van der Waals surface area contributed by atoms with Crippen LogP contribution in [0.3, 0.4) is 0 Å². The van der Waals surface area contributed by atoms with E-state index in [0.29, 0.717) is 0 Å². The molecular formula is C20H26ClN5O3S. The molecule has 1 aromatic carbocycles. The first kappa shape index (κ1) is 22.5. The van der Waals surface area contributed by atoms with E-state index < -0.39 is 15.9 Å². The van der Waals surface area contributed by atoms with Crippen molar-refractivity contribution >= 4 is 33.3 Å². The first-order valence-electron chi connectivity index (χ1n) is 9.77. The van der Waals surface area contributed by atoms with E-state index >= 15 is 0 Å². The zero-order chi connectivity index (χ0) is 21.7. The van der Waals surface area contributed by atoms with E-state index in [1.807, 2.05) is 12.1 Å². The van der Waals surface area contributed by atoms with Gasteiger partial charge in [0, 0.05) is 38.9 Å². The summed E-state index contributed by atoms with van der Waals surface area (Å²) in [5, 5.41) is 2.95. The molecule has 10 heteroatoms. The summed E-state index contributed by atoms with van der Waals surface area (Å²) in [6, 6.07) is 7.90. The number of nitrogens with one attached hydrogen (secondary N) is 2. The van der Waals surface area contributed by atoms with Crippen molar-refractivity contribution in [1.29, 1.82) is 0 Å². The number of likely N-dealkylation sites (N-methyl/N-ethyl adjacent to an activating group) is 1. The van der Waals surface area contributed by atoms with Gasteiger partial charge in [0.25, 0.3) is 5.91 Å². The fraction of sp³-hybridized carbons (Fsp3) is 0.400. The number of hydrogen-bond acceptors (Lipinski definition) is 6. The lowest BCUT2D eigenvalue weighted by Crippen LogP contribution is -2.46. The Morgan fingerprint density at radius 3 is 2.50 bits per heavy atom. The van der Waals surface area contributed by atoms with Crippen LogP contribution in [0.1, 0.15) is 22.8 Å². The topological polar surface area (TPSA) is 94.6 Å². The fourth-order valence-corrected chi connectivity index (χ4v) is 4.20. The highest BCUT2D eigenvalue weighted by Gasteiger charge is 2.18. The molecule has 2 heterocycles. The van der Waals surface area contributed by atoms with Gasteiger partial charge < -0.3 is 15.1 Å². The van der Waals surface area contributed by atoms with Gasteiger partial charge in [0.2, 0.25) is 10.0 Å². The number of hydrogen-bond donors (Lipinski definition) is 2. The lowest BCUT2D eigenvalue weighted by Gasteiger charge is -2.34. The number of nitrogens with zero attached hydrogens (tertiary/aromatic N) is 3. The van der Waals surface area contributed by atoms with Crippen molar-refractivity contribution in [2.75, 3.05) is 44.7 Å². The Labute approximate surface area is 182 Å². The predicted molar refractivity (Wildman–Crippen MR) is 117 cm³/mol. The van der Waals surface area contributed by atoms with Crippen LogP contribution < -0.4 is 14.9 Å². The summed E-state index contributed by atoms with van der Waals surface area (Å²) < 4.78 is 26.1. The van der Waals surface area contributed by atoms with Crippen molar-refractivity contribution < 1.29 is 13.2 Å². The summed E-state index contributed by atoms with van der Waals surface area (Å²) in [6.07, 6.45) is 1.74. The molecule has 0 unspecified atom stereocenters. The number of carbonyl (C=O) groups is 1. The fourth-order valence-electron chi connectivity index (χ4n) is 3.24.